The van der Waals surface area contributed by atoms with E-state index in [-0.39, 0.29) is 12.5 Å². The van der Waals surface area contributed by atoms with Crippen LogP contribution in [-0.2, 0) is 4.79 Å². The Labute approximate surface area is 225 Å². The van der Waals surface area contributed by atoms with E-state index in [1.807, 2.05) is 54.6 Å². The topological polar surface area (TPSA) is 109 Å². The van der Waals surface area contributed by atoms with Gasteiger partial charge in [0.15, 0.2) is 18.1 Å². The van der Waals surface area contributed by atoms with Gasteiger partial charge in [-0.1, -0.05) is 36.4 Å². The molecule has 5 aromatic rings. The van der Waals surface area contributed by atoms with E-state index < -0.39 is 0 Å². The molecular weight excluding hydrogens is 492 g/mol. The number of methoxy groups -OCH3 is 1. The van der Waals surface area contributed by atoms with Gasteiger partial charge in [-0.25, -0.2) is 4.98 Å². The van der Waals surface area contributed by atoms with E-state index in [2.05, 4.69) is 21.4 Å². The lowest BCUT2D eigenvalue weighted by molar-refractivity contribution is -0.118. The number of aromatic amines is 1. The number of nitrogens with zero attached hydrogens (tertiary/aromatic N) is 2. The standard InChI is InChI=1S/C31H24N4O4/c1-37-29-18-21(17-22(19-32)31-34-26-9-5-6-10-27(26)35-31)11-16-28(29)38-20-30(36)33-23-12-14-25(15-13-23)39-24-7-3-2-4-8-24/h2-18H,20H2,1H3,(H,33,36)(H,34,35)/b22-17+. The fraction of sp³-hybridized carbons (Fsp3) is 0.0645. The van der Waals surface area contributed by atoms with Gasteiger partial charge >= 0.3 is 0 Å². The third-order valence-electron chi connectivity index (χ3n) is 5.74. The Hall–Kier alpha value is -5.55. The number of hydrogen-bond acceptors (Lipinski definition) is 6. The maximum Gasteiger partial charge on any atom is 0.262 e. The third-order valence-corrected chi connectivity index (χ3v) is 5.74. The third kappa shape index (κ3) is 6.24. The number of carbonyl (C=O) groups is 1. The van der Waals surface area contributed by atoms with E-state index in [0.717, 1.165) is 22.3 Å². The average Bonchev–Trinajstić information content (AvgIpc) is 3.41. The highest BCUT2D eigenvalue weighted by Gasteiger charge is 2.11. The molecule has 0 saturated carbocycles. The number of H-pyrrole nitrogens is 1. The quantitative estimate of drug-likeness (QED) is 0.218. The van der Waals surface area contributed by atoms with Crippen LogP contribution in [0.3, 0.4) is 0 Å². The van der Waals surface area contributed by atoms with E-state index >= 15 is 0 Å². The first-order valence-corrected chi connectivity index (χ1v) is 12.1. The summed E-state index contributed by atoms with van der Waals surface area (Å²) in [5, 5.41) is 12.5. The number of imidazole rings is 1. The van der Waals surface area contributed by atoms with Crippen LogP contribution in [0.25, 0.3) is 22.7 Å². The molecule has 0 unspecified atom stereocenters. The molecule has 0 atom stereocenters. The molecule has 1 amide bonds. The van der Waals surface area contributed by atoms with Crippen LogP contribution in [0, 0.1) is 11.3 Å². The number of nitrogens with one attached hydrogen (secondary N) is 2. The van der Waals surface area contributed by atoms with Gasteiger partial charge in [0.05, 0.1) is 23.7 Å². The van der Waals surface area contributed by atoms with Gasteiger partial charge in [0, 0.05) is 5.69 Å². The largest absolute Gasteiger partial charge is 0.493 e. The van der Waals surface area contributed by atoms with Crippen LogP contribution < -0.4 is 19.5 Å². The molecule has 0 radical (unpaired) electrons. The minimum Gasteiger partial charge on any atom is -0.493 e. The van der Waals surface area contributed by atoms with Gasteiger partial charge in [0.1, 0.15) is 23.4 Å². The molecule has 0 aliphatic rings. The highest BCUT2D eigenvalue weighted by Crippen LogP contribution is 2.30. The highest BCUT2D eigenvalue weighted by molar-refractivity contribution is 5.92. The number of carbonyl (C=O) groups excluding carboxylic acids is 1. The van der Waals surface area contributed by atoms with Gasteiger partial charge in [0.2, 0.25) is 0 Å². The van der Waals surface area contributed by atoms with Crippen molar-refractivity contribution in [2.45, 2.75) is 0 Å². The van der Waals surface area contributed by atoms with Crippen molar-refractivity contribution >= 4 is 34.3 Å². The number of rotatable bonds is 9. The Morgan fingerprint density at radius 1 is 0.949 bits per heavy atom. The minimum absolute atomic E-state index is 0.212. The molecule has 2 N–H and O–H groups in total. The summed E-state index contributed by atoms with van der Waals surface area (Å²) in [7, 11) is 1.51. The van der Waals surface area contributed by atoms with Gasteiger partial charge in [-0.05, 0) is 72.3 Å². The van der Waals surface area contributed by atoms with Crippen molar-refractivity contribution in [2.75, 3.05) is 19.0 Å². The number of nitriles is 1. The van der Waals surface area contributed by atoms with Gasteiger partial charge in [-0.2, -0.15) is 5.26 Å². The zero-order valence-corrected chi connectivity index (χ0v) is 21.0. The fourth-order valence-electron chi connectivity index (χ4n) is 3.87. The van der Waals surface area contributed by atoms with Crippen LogP contribution in [-0.4, -0.2) is 29.6 Å². The minimum atomic E-state index is -0.325. The van der Waals surface area contributed by atoms with Crippen LogP contribution >= 0.6 is 0 Å². The summed E-state index contributed by atoms with van der Waals surface area (Å²) >= 11 is 0. The Bertz CT molecular complexity index is 1640. The fourth-order valence-corrected chi connectivity index (χ4v) is 3.87. The summed E-state index contributed by atoms with van der Waals surface area (Å²) in [5.74, 6) is 2.38. The summed E-state index contributed by atoms with van der Waals surface area (Å²) in [6.07, 6.45) is 1.71. The van der Waals surface area contributed by atoms with Gasteiger partial charge in [-0.3, -0.25) is 4.79 Å². The summed E-state index contributed by atoms with van der Waals surface area (Å²) in [6.45, 7) is -0.212. The number of fused-ring (bicyclic) bond motifs is 1. The number of allylic oxidation sites excluding steroid dienone is 1. The molecule has 0 aliphatic heterocycles. The molecule has 39 heavy (non-hydrogen) atoms. The highest BCUT2D eigenvalue weighted by atomic mass is 16.5. The molecule has 8 heteroatoms. The zero-order valence-electron chi connectivity index (χ0n) is 21.0. The lowest BCUT2D eigenvalue weighted by Crippen LogP contribution is -2.20. The maximum absolute atomic E-state index is 12.5. The molecule has 4 aromatic carbocycles. The van der Waals surface area contributed by atoms with E-state index in [1.54, 1.807) is 48.5 Å². The monoisotopic (exact) mass is 516 g/mol. The van der Waals surface area contributed by atoms with Crippen LogP contribution in [0.1, 0.15) is 11.4 Å². The first-order chi connectivity index (χ1) is 19.1. The maximum atomic E-state index is 12.5. The number of para-hydroxylation sites is 3. The summed E-state index contributed by atoms with van der Waals surface area (Å²) in [6, 6.07) is 31.5. The van der Waals surface area contributed by atoms with Crippen molar-refractivity contribution in [3.63, 3.8) is 0 Å². The van der Waals surface area contributed by atoms with E-state index in [1.165, 1.54) is 7.11 Å². The van der Waals surface area contributed by atoms with Crippen molar-refractivity contribution in [1.29, 1.82) is 5.26 Å². The molecular formula is C31H24N4O4. The van der Waals surface area contributed by atoms with Gasteiger partial charge in [-0.15, -0.1) is 0 Å². The van der Waals surface area contributed by atoms with Crippen molar-refractivity contribution in [1.82, 2.24) is 9.97 Å². The predicted molar refractivity (Wildman–Crippen MR) is 150 cm³/mol. The van der Waals surface area contributed by atoms with Gasteiger partial charge in [0.25, 0.3) is 5.91 Å². The Kier molecular flexibility index (Phi) is 7.51. The van der Waals surface area contributed by atoms with Crippen LogP contribution in [0.4, 0.5) is 5.69 Å². The molecule has 1 heterocycles. The molecule has 0 aliphatic carbocycles. The van der Waals surface area contributed by atoms with E-state index in [9.17, 15) is 10.1 Å². The molecule has 0 fully saturated rings. The summed E-state index contributed by atoms with van der Waals surface area (Å²) in [5.41, 5.74) is 3.35. The number of aromatic nitrogens is 2. The van der Waals surface area contributed by atoms with Crippen LogP contribution in [0.5, 0.6) is 23.0 Å². The predicted octanol–water partition coefficient (Wildman–Crippen LogP) is 6.45. The summed E-state index contributed by atoms with van der Waals surface area (Å²) < 4.78 is 16.9. The van der Waals surface area contributed by atoms with Crippen LogP contribution in [0.15, 0.2) is 97.1 Å². The van der Waals surface area contributed by atoms with Crippen molar-refractivity contribution in [3.8, 4) is 29.1 Å². The zero-order chi connectivity index (χ0) is 27.0. The second-order valence-corrected chi connectivity index (χ2v) is 8.46. The Balaban J connectivity index is 1.21. The second-order valence-electron chi connectivity index (χ2n) is 8.46. The van der Waals surface area contributed by atoms with E-state index in [0.29, 0.717) is 34.3 Å². The van der Waals surface area contributed by atoms with Crippen molar-refractivity contribution in [3.05, 3.63) is 108 Å². The number of anilines is 1. The molecule has 0 spiro atoms. The smallest absolute Gasteiger partial charge is 0.262 e. The normalized spacial score (nSPS) is 11.0. The average molecular weight is 517 g/mol. The number of benzene rings is 4. The second kappa shape index (κ2) is 11.7. The van der Waals surface area contributed by atoms with E-state index in [4.69, 9.17) is 14.2 Å². The molecule has 1 aromatic heterocycles. The SMILES string of the molecule is COc1cc(/C=C(\C#N)c2nc3ccccc3[nH]2)ccc1OCC(=O)Nc1ccc(Oc2ccccc2)cc1. The number of ether oxygens (including phenoxy) is 3. The first-order valence-electron chi connectivity index (χ1n) is 12.1. The lowest BCUT2D eigenvalue weighted by atomic mass is 10.1. The Morgan fingerprint density at radius 2 is 1.69 bits per heavy atom. The lowest BCUT2D eigenvalue weighted by Gasteiger charge is -2.12. The van der Waals surface area contributed by atoms with Crippen molar-refractivity contribution < 1.29 is 19.0 Å². The number of hydrogen-bond donors (Lipinski definition) is 2. The molecule has 0 saturated heterocycles. The Morgan fingerprint density at radius 3 is 2.44 bits per heavy atom. The molecule has 192 valence electrons. The molecule has 5 rings (SSSR count). The molecule has 8 nitrogen and oxygen atoms in total. The number of amides is 1. The van der Waals surface area contributed by atoms with Gasteiger partial charge < -0.3 is 24.5 Å². The molecule has 0 bridgehead atoms. The van der Waals surface area contributed by atoms with Crippen LogP contribution in [0.2, 0.25) is 0 Å². The summed E-state index contributed by atoms with van der Waals surface area (Å²) in [4.78, 5) is 20.1. The van der Waals surface area contributed by atoms with Crippen molar-refractivity contribution in [2.24, 2.45) is 0 Å². The first kappa shape index (κ1) is 25.1.